The topological polar surface area (TPSA) is 39.6 Å². The van der Waals surface area contributed by atoms with Crippen LogP contribution in [0.4, 0.5) is 0 Å². The summed E-state index contributed by atoms with van der Waals surface area (Å²) in [6.45, 7) is 4.59. The first-order valence-corrected chi connectivity index (χ1v) is 11.2. The molecule has 0 unspecified atom stereocenters. The molecule has 0 spiro atoms. The van der Waals surface area contributed by atoms with E-state index in [9.17, 15) is 5.11 Å². The number of hydrogen-bond acceptors (Lipinski definition) is 5. The maximum Gasteiger partial charge on any atom is 0.123 e. The molecule has 1 saturated heterocycles. The van der Waals surface area contributed by atoms with Crippen LogP contribution in [0.2, 0.25) is 0 Å². The molecule has 1 aromatic carbocycles. The van der Waals surface area contributed by atoms with Crippen LogP contribution < -0.4 is 0 Å². The summed E-state index contributed by atoms with van der Waals surface area (Å²) in [4.78, 5) is 11.2. The fourth-order valence-corrected chi connectivity index (χ4v) is 5.65. The molecule has 0 amide bonds. The summed E-state index contributed by atoms with van der Waals surface area (Å²) >= 11 is 1.81. The number of aliphatic hydroxyl groups excluding tert-OH is 1. The molecule has 1 N–H and O–H groups in total. The lowest BCUT2D eigenvalue weighted by atomic mass is 9.92. The van der Waals surface area contributed by atoms with E-state index in [1.165, 1.54) is 42.5 Å². The Morgan fingerprint density at radius 3 is 2.67 bits per heavy atom. The van der Waals surface area contributed by atoms with Crippen molar-refractivity contribution in [3.05, 3.63) is 41.4 Å². The van der Waals surface area contributed by atoms with Crippen LogP contribution in [0, 0.1) is 0 Å². The van der Waals surface area contributed by atoms with Crippen molar-refractivity contribution in [2.75, 3.05) is 26.2 Å². The molecule has 2 aromatic rings. The van der Waals surface area contributed by atoms with Gasteiger partial charge in [0.05, 0.1) is 0 Å². The number of thiazole rings is 1. The SMILES string of the molecule is OCC[C@H]1CN(Cc2cnc(-c3ccccc3)s2)CCN1C1CCCCC1. The molecule has 4 rings (SSSR count). The second-order valence-electron chi connectivity index (χ2n) is 7.93. The van der Waals surface area contributed by atoms with E-state index in [-0.39, 0.29) is 0 Å². The summed E-state index contributed by atoms with van der Waals surface area (Å²) in [6, 6.07) is 11.7. The Balaban J connectivity index is 1.38. The quantitative estimate of drug-likeness (QED) is 0.815. The largest absolute Gasteiger partial charge is 0.396 e. The highest BCUT2D eigenvalue weighted by Crippen LogP contribution is 2.29. The van der Waals surface area contributed by atoms with Crippen LogP contribution in [0.5, 0.6) is 0 Å². The Hall–Kier alpha value is -1.27. The van der Waals surface area contributed by atoms with Gasteiger partial charge in [-0.05, 0) is 19.3 Å². The van der Waals surface area contributed by atoms with E-state index in [0.29, 0.717) is 12.6 Å². The number of nitrogens with zero attached hydrogens (tertiary/aromatic N) is 3. The second kappa shape index (κ2) is 9.28. The highest BCUT2D eigenvalue weighted by molar-refractivity contribution is 7.15. The summed E-state index contributed by atoms with van der Waals surface area (Å²) in [5, 5.41) is 10.7. The van der Waals surface area contributed by atoms with E-state index >= 15 is 0 Å². The van der Waals surface area contributed by atoms with Gasteiger partial charge in [-0.3, -0.25) is 9.80 Å². The van der Waals surface area contributed by atoms with Crippen molar-refractivity contribution in [2.24, 2.45) is 0 Å². The molecule has 146 valence electrons. The van der Waals surface area contributed by atoms with Crippen molar-refractivity contribution < 1.29 is 5.11 Å². The molecule has 5 heteroatoms. The standard InChI is InChI=1S/C22H31N3OS/c26-14-11-20-16-24(12-13-25(20)19-9-5-2-6-10-19)17-21-15-23-22(27-21)18-7-3-1-4-8-18/h1,3-4,7-8,15,19-20,26H,2,5-6,9-14,16-17H2/t20-/m0/s1. The van der Waals surface area contributed by atoms with Gasteiger partial charge in [-0.1, -0.05) is 49.6 Å². The van der Waals surface area contributed by atoms with E-state index in [1.807, 2.05) is 23.6 Å². The van der Waals surface area contributed by atoms with Crippen LogP contribution in [-0.4, -0.2) is 58.2 Å². The van der Waals surface area contributed by atoms with Gasteiger partial charge in [0, 0.05) is 61.5 Å². The van der Waals surface area contributed by atoms with Crippen molar-refractivity contribution in [2.45, 2.75) is 57.2 Å². The highest BCUT2D eigenvalue weighted by atomic mass is 32.1. The maximum absolute atomic E-state index is 9.59. The third-order valence-corrected chi connectivity index (χ3v) is 7.10. The molecule has 0 bridgehead atoms. The van der Waals surface area contributed by atoms with Crippen molar-refractivity contribution in [1.82, 2.24) is 14.8 Å². The van der Waals surface area contributed by atoms with E-state index in [0.717, 1.165) is 43.6 Å². The van der Waals surface area contributed by atoms with Crippen LogP contribution in [0.15, 0.2) is 36.5 Å². The van der Waals surface area contributed by atoms with Gasteiger partial charge >= 0.3 is 0 Å². The van der Waals surface area contributed by atoms with Gasteiger partial charge in [0.1, 0.15) is 5.01 Å². The van der Waals surface area contributed by atoms with Crippen LogP contribution in [0.25, 0.3) is 10.6 Å². The first kappa shape index (κ1) is 19.1. The van der Waals surface area contributed by atoms with E-state index in [1.54, 1.807) is 0 Å². The van der Waals surface area contributed by atoms with E-state index in [2.05, 4.69) is 39.0 Å². The van der Waals surface area contributed by atoms with Gasteiger partial charge in [-0.15, -0.1) is 11.3 Å². The number of rotatable bonds is 6. The third kappa shape index (κ3) is 4.77. The van der Waals surface area contributed by atoms with E-state index < -0.39 is 0 Å². The molecular formula is C22H31N3OS. The first-order chi connectivity index (χ1) is 13.3. The molecule has 1 aliphatic heterocycles. The van der Waals surface area contributed by atoms with Gasteiger partial charge in [-0.2, -0.15) is 0 Å². The Morgan fingerprint density at radius 2 is 1.89 bits per heavy atom. The maximum atomic E-state index is 9.59. The number of hydrogen-bond donors (Lipinski definition) is 1. The summed E-state index contributed by atoms with van der Waals surface area (Å²) in [5.41, 5.74) is 1.20. The summed E-state index contributed by atoms with van der Waals surface area (Å²) in [6.07, 6.45) is 9.77. The minimum absolute atomic E-state index is 0.292. The normalized spacial score (nSPS) is 22.9. The Bertz CT molecular complexity index is 699. The fourth-order valence-electron chi connectivity index (χ4n) is 4.69. The van der Waals surface area contributed by atoms with E-state index in [4.69, 9.17) is 0 Å². The average molecular weight is 386 g/mol. The molecule has 2 fully saturated rings. The molecule has 2 heterocycles. The molecule has 1 atom stereocenters. The van der Waals surface area contributed by atoms with Gasteiger partial charge in [0.25, 0.3) is 0 Å². The molecule has 0 radical (unpaired) electrons. The number of aromatic nitrogens is 1. The molecule has 1 aliphatic carbocycles. The molecule has 1 aromatic heterocycles. The van der Waals surface area contributed by atoms with Crippen molar-refractivity contribution >= 4 is 11.3 Å². The van der Waals surface area contributed by atoms with Crippen molar-refractivity contribution in [1.29, 1.82) is 0 Å². The molecule has 1 saturated carbocycles. The van der Waals surface area contributed by atoms with Crippen molar-refractivity contribution in [3.8, 4) is 10.6 Å². The van der Waals surface area contributed by atoms with Crippen LogP contribution in [0.3, 0.4) is 0 Å². The molecule has 4 nitrogen and oxygen atoms in total. The zero-order chi connectivity index (χ0) is 18.5. The average Bonchev–Trinajstić information content (AvgIpc) is 3.18. The molecule has 27 heavy (non-hydrogen) atoms. The summed E-state index contributed by atoms with van der Waals surface area (Å²) in [7, 11) is 0. The molecular weight excluding hydrogens is 354 g/mol. The number of aliphatic hydroxyl groups is 1. The second-order valence-corrected chi connectivity index (χ2v) is 9.04. The zero-order valence-corrected chi connectivity index (χ0v) is 16.9. The zero-order valence-electron chi connectivity index (χ0n) is 16.1. The third-order valence-electron chi connectivity index (χ3n) is 6.07. The lowest BCUT2D eigenvalue weighted by molar-refractivity contribution is 0.0140. The number of piperazine rings is 1. The Morgan fingerprint density at radius 1 is 1.07 bits per heavy atom. The summed E-state index contributed by atoms with van der Waals surface area (Å²) in [5.74, 6) is 0. The predicted molar refractivity (Wildman–Crippen MR) is 112 cm³/mol. The van der Waals surface area contributed by atoms with Crippen LogP contribution >= 0.6 is 11.3 Å². The Labute approximate surface area is 166 Å². The minimum atomic E-state index is 0.292. The first-order valence-electron chi connectivity index (χ1n) is 10.4. The van der Waals surface area contributed by atoms with Gasteiger partial charge in [-0.25, -0.2) is 4.98 Å². The monoisotopic (exact) mass is 385 g/mol. The van der Waals surface area contributed by atoms with Crippen molar-refractivity contribution in [3.63, 3.8) is 0 Å². The van der Waals surface area contributed by atoms with Gasteiger partial charge < -0.3 is 5.11 Å². The molecule has 2 aliphatic rings. The highest BCUT2D eigenvalue weighted by Gasteiger charge is 2.32. The smallest absolute Gasteiger partial charge is 0.123 e. The predicted octanol–water partition coefficient (Wildman–Crippen LogP) is 4.01. The number of benzene rings is 1. The summed E-state index contributed by atoms with van der Waals surface area (Å²) < 4.78 is 0. The van der Waals surface area contributed by atoms with Crippen LogP contribution in [-0.2, 0) is 6.54 Å². The van der Waals surface area contributed by atoms with Crippen LogP contribution in [0.1, 0.15) is 43.4 Å². The lowest BCUT2D eigenvalue weighted by Gasteiger charge is -2.46. The minimum Gasteiger partial charge on any atom is -0.396 e. The Kier molecular flexibility index (Phi) is 6.56. The van der Waals surface area contributed by atoms with Gasteiger partial charge in [0.2, 0.25) is 0 Å². The fraction of sp³-hybridized carbons (Fsp3) is 0.591. The lowest BCUT2D eigenvalue weighted by Crippen LogP contribution is -2.56. The van der Waals surface area contributed by atoms with Gasteiger partial charge in [0.15, 0.2) is 0 Å².